The van der Waals surface area contributed by atoms with Crippen molar-refractivity contribution in [3.8, 4) is 0 Å². The molecule has 0 aliphatic heterocycles. The number of para-hydroxylation sites is 2. The van der Waals surface area contributed by atoms with Gasteiger partial charge in [-0.15, -0.1) is 0 Å². The predicted octanol–water partition coefficient (Wildman–Crippen LogP) is 3.76. The molecule has 1 aromatic heterocycles. The first-order valence-corrected chi connectivity index (χ1v) is 7.32. The Morgan fingerprint density at radius 2 is 1.21 bits per heavy atom. The Balaban J connectivity index is 2.08. The summed E-state index contributed by atoms with van der Waals surface area (Å²) in [6.07, 6.45) is 0. The average Bonchev–Trinajstić information content (AvgIpc) is 2.64. The van der Waals surface area contributed by atoms with Crippen LogP contribution in [0, 0.1) is 0 Å². The van der Waals surface area contributed by atoms with Gasteiger partial charge in [0.25, 0.3) is 5.91 Å². The van der Waals surface area contributed by atoms with Crippen LogP contribution in [0.4, 0.5) is 11.4 Å². The van der Waals surface area contributed by atoms with E-state index in [0.29, 0.717) is 11.4 Å². The van der Waals surface area contributed by atoms with Crippen molar-refractivity contribution in [3.05, 3.63) is 90.3 Å². The van der Waals surface area contributed by atoms with Gasteiger partial charge in [-0.05, 0) is 36.4 Å². The predicted molar refractivity (Wildman–Crippen MR) is 90.5 cm³/mol. The normalized spacial score (nSPS) is 10.2. The second kappa shape index (κ2) is 6.75. The number of pyridine rings is 1. The maximum Gasteiger partial charge on any atom is 0.354 e. The number of carbonyl (C=O) groups excluding carboxylic acids is 1. The summed E-state index contributed by atoms with van der Waals surface area (Å²) in [5.74, 6) is -1.56. The van der Waals surface area contributed by atoms with Gasteiger partial charge in [-0.2, -0.15) is 0 Å². The Labute approximate surface area is 138 Å². The standard InChI is InChI=1S/C19H14N2O3/c22-18(16-12-7-13-17(20-16)19(23)24)21(14-8-3-1-4-9-14)15-10-5-2-6-11-15/h1-13H,(H,23,24). The molecule has 0 bridgehead atoms. The van der Waals surface area contributed by atoms with E-state index in [1.54, 1.807) is 0 Å². The van der Waals surface area contributed by atoms with E-state index in [4.69, 9.17) is 5.11 Å². The van der Waals surface area contributed by atoms with Crippen molar-refractivity contribution in [2.75, 3.05) is 4.90 Å². The summed E-state index contributed by atoms with van der Waals surface area (Å²) in [7, 11) is 0. The number of carbonyl (C=O) groups is 2. The quantitative estimate of drug-likeness (QED) is 0.795. The topological polar surface area (TPSA) is 70.5 Å². The van der Waals surface area contributed by atoms with Crippen molar-refractivity contribution in [2.24, 2.45) is 0 Å². The lowest BCUT2D eigenvalue weighted by atomic mass is 10.2. The molecule has 1 amide bonds. The van der Waals surface area contributed by atoms with Crippen LogP contribution in [0.15, 0.2) is 78.9 Å². The maximum atomic E-state index is 13.0. The molecule has 24 heavy (non-hydrogen) atoms. The minimum atomic E-state index is -1.17. The molecule has 0 atom stereocenters. The summed E-state index contributed by atoms with van der Waals surface area (Å²) in [5, 5.41) is 9.08. The molecule has 2 aromatic carbocycles. The van der Waals surface area contributed by atoms with Crippen molar-refractivity contribution in [3.63, 3.8) is 0 Å². The van der Waals surface area contributed by atoms with Gasteiger partial charge < -0.3 is 5.11 Å². The number of rotatable bonds is 4. The van der Waals surface area contributed by atoms with Gasteiger partial charge in [-0.3, -0.25) is 9.69 Å². The fraction of sp³-hybridized carbons (Fsp3) is 0. The largest absolute Gasteiger partial charge is 0.477 e. The smallest absolute Gasteiger partial charge is 0.354 e. The molecule has 0 aliphatic carbocycles. The zero-order valence-corrected chi connectivity index (χ0v) is 12.7. The molecule has 5 nitrogen and oxygen atoms in total. The van der Waals surface area contributed by atoms with E-state index in [9.17, 15) is 9.59 Å². The molecule has 0 saturated carbocycles. The van der Waals surface area contributed by atoms with Gasteiger partial charge in [0.1, 0.15) is 11.4 Å². The zero-order chi connectivity index (χ0) is 16.9. The van der Waals surface area contributed by atoms with Gasteiger partial charge in [-0.25, -0.2) is 9.78 Å². The van der Waals surface area contributed by atoms with Crippen LogP contribution in [0.1, 0.15) is 21.0 Å². The Hall–Kier alpha value is -3.47. The van der Waals surface area contributed by atoms with Crippen LogP contribution >= 0.6 is 0 Å². The molecule has 0 spiro atoms. The van der Waals surface area contributed by atoms with Crippen LogP contribution in [0.5, 0.6) is 0 Å². The average molecular weight is 318 g/mol. The number of amides is 1. The van der Waals surface area contributed by atoms with Crippen LogP contribution in [-0.2, 0) is 0 Å². The van der Waals surface area contributed by atoms with Crippen LogP contribution < -0.4 is 4.90 Å². The molecule has 0 aliphatic rings. The van der Waals surface area contributed by atoms with Crippen molar-refractivity contribution < 1.29 is 14.7 Å². The highest BCUT2D eigenvalue weighted by Gasteiger charge is 2.21. The van der Waals surface area contributed by atoms with Gasteiger partial charge in [-0.1, -0.05) is 42.5 Å². The highest BCUT2D eigenvalue weighted by Crippen LogP contribution is 2.26. The van der Waals surface area contributed by atoms with E-state index in [2.05, 4.69) is 4.98 Å². The van der Waals surface area contributed by atoms with E-state index < -0.39 is 11.9 Å². The summed E-state index contributed by atoms with van der Waals surface area (Å²) in [6, 6.07) is 22.7. The molecular weight excluding hydrogens is 304 g/mol. The van der Waals surface area contributed by atoms with Gasteiger partial charge in [0.2, 0.25) is 0 Å². The van der Waals surface area contributed by atoms with Crippen LogP contribution in [-0.4, -0.2) is 22.0 Å². The van der Waals surface area contributed by atoms with Crippen molar-refractivity contribution >= 4 is 23.3 Å². The fourth-order valence-electron chi connectivity index (χ4n) is 2.33. The first-order chi connectivity index (χ1) is 11.7. The van der Waals surface area contributed by atoms with Crippen LogP contribution in [0.3, 0.4) is 0 Å². The van der Waals surface area contributed by atoms with Gasteiger partial charge in [0.15, 0.2) is 0 Å². The van der Waals surface area contributed by atoms with E-state index in [-0.39, 0.29) is 11.4 Å². The third-order valence-electron chi connectivity index (χ3n) is 3.42. The monoisotopic (exact) mass is 318 g/mol. The number of carboxylic acids is 1. The molecule has 118 valence electrons. The number of aromatic carboxylic acids is 1. The SMILES string of the molecule is O=C(O)c1cccc(C(=O)N(c2ccccc2)c2ccccc2)n1. The van der Waals surface area contributed by atoms with Crippen LogP contribution in [0.25, 0.3) is 0 Å². The molecule has 0 saturated heterocycles. The molecule has 1 heterocycles. The number of benzene rings is 2. The Morgan fingerprint density at radius 3 is 1.71 bits per heavy atom. The summed E-state index contributed by atoms with van der Waals surface area (Å²) in [4.78, 5) is 29.6. The van der Waals surface area contributed by atoms with E-state index >= 15 is 0 Å². The Kier molecular flexibility index (Phi) is 4.34. The van der Waals surface area contributed by atoms with Crippen molar-refractivity contribution in [1.82, 2.24) is 4.98 Å². The molecule has 0 unspecified atom stereocenters. The minimum Gasteiger partial charge on any atom is -0.477 e. The maximum absolute atomic E-state index is 13.0. The molecule has 5 heteroatoms. The first kappa shape index (κ1) is 15.4. The van der Waals surface area contributed by atoms with E-state index in [1.807, 2.05) is 60.7 Å². The second-order valence-electron chi connectivity index (χ2n) is 5.02. The summed E-state index contributed by atoms with van der Waals surface area (Å²) in [6.45, 7) is 0. The van der Waals surface area contributed by atoms with E-state index in [0.717, 1.165) is 0 Å². The van der Waals surface area contributed by atoms with Crippen molar-refractivity contribution in [1.29, 1.82) is 0 Å². The highest BCUT2D eigenvalue weighted by atomic mass is 16.4. The van der Waals surface area contributed by atoms with Crippen LogP contribution in [0.2, 0.25) is 0 Å². The fourth-order valence-corrected chi connectivity index (χ4v) is 2.33. The van der Waals surface area contributed by atoms with Crippen molar-refractivity contribution in [2.45, 2.75) is 0 Å². The third-order valence-corrected chi connectivity index (χ3v) is 3.42. The Morgan fingerprint density at radius 1 is 0.708 bits per heavy atom. The summed E-state index contributed by atoms with van der Waals surface area (Å²) in [5.41, 5.74) is 1.26. The Bertz CT molecular complexity index is 825. The molecule has 1 N–H and O–H groups in total. The lowest BCUT2D eigenvalue weighted by Crippen LogP contribution is -2.27. The molecule has 3 aromatic rings. The van der Waals surface area contributed by atoms with Gasteiger partial charge >= 0.3 is 5.97 Å². The highest BCUT2D eigenvalue weighted by molar-refractivity contribution is 6.10. The molecular formula is C19H14N2O3. The summed E-state index contributed by atoms with van der Waals surface area (Å²) >= 11 is 0. The van der Waals surface area contributed by atoms with E-state index in [1.165, 1.54) is 23.1 Å². The third kappa shape index (κ3) is 3.15. The number of aromatic nitrogens is 1. The number of hydrogen-bond donors (Lipinski definition) is 1. The summed E-state index contributed by atoms with van der Waals surface area (Å²) < 4.78 is 0. The lowest BCUT2D eigenvalue weighted by molar-refractivity contribution is 0.0690. The van der Waals surface area contributed by atoms with Gasteiger partial charge in [0, 0.05) is 11.4 Å². The number of anilines is 2. The molecule has 3 rings (SSSR count). The molecule has 0 radical (unpaired) electrons. The number of nitrogens with zero attached hydrogens (tertiary/aromatic N) is 2. The number of carboxylic acid groups (broad SMARTS) is 1. The second-order valence-corrected chi connectivity index (χ2v) is 5.02. The lowest BCUT2D eigenvalue weighted by Gasteiger charge is -2.22. The minimum absolute atomic E-state index is 0.0719. The van der Waals surface area contributed by atoms with Gasteiger partial charge in [0.05, 0.1) is 0 Å². The number of hydrogen-bond acceptors (Lipinski definition) is 3. The molecule has 0 fully saturated rings. The first-order valence-electron chi connectivity index (χ1n) is 7.32. The zero-order valence-electron chi connectivity index (χ0n) is 12.7.